The minimum absolute atomic E-state index is 0.128. The molecule has 0 unspecified atom stereocenters. The molecule has 0 radical (unpaired) electrons. The number of carbonyl (C=O) groups is 2. The Morgan fingerprint density at radius 3 is 2.68 bits per heavy atom. The standard InChI is InChI=1S/C11H21N7O4/c12-7(2-1-3-15-11(14)17-18(21)22)9(19)6-4-8(10(13)20)16-5-6/h6-8,16H,1-5,12H2,(H2,13,20)(H3,14,15,17)/t6-,7+,8+/m1/s1. The highest BCUT2D eigenvalue weighted by molar-refractivity contribution is 5.88. The second-order valence-electron chi connectivity index (χ2n) is 5.08. The van der Waals surface area contributed by atoms with Crippen LogP contribution in [0.15, 0.2) is 4.99 Å². The number of nitrogens with two attached hydrogens (primary N) is 3. The second-order valence-corrected chi connectivity index (χ2v) is 5.08. The molecule has 0 bridgehead atoms. The first-order chi connectivity index (χ1) is 10.3. The number of aliphatic imine (C=N–C) groups is 1. The number of hydrazine groups is 1. The average molecular weight is 315 g/mol. The van der Waals surface area contributed by atoms with Gasteiger partial charge in [-0.25, -0.2) is 15.1 Å². The number of carbonyl (C=O) groups excluding carboxylic acids is 2. The summed E-state index contributed by atoms with van der Waals surface area (Å²) >= 11 is 0. The van der Waals surface area contributed by atoms with Crippen molar-refractivity contribution in [1.29, 1.82) is 0 Å². The van der Waals surface area contributed by atoms with Crippen LogP contribution in [0.25, 0.3) is 0 Å². The van der Waals surface area contributed by atoms with Crippen molar-refractivity contribution < 1.29 is 14.6 Å². The van der Waals surface area contributed by atoms with Crippen molar-refractivity contribution in [3.8, 4) is 0 Å². The summed E-state index contributed by atoms with van der Waals surface area (Å²) in [5, 5.41) is 12.2. The van der Waals surface area contributed by atoms with Crippen molar-refractivity contribution in [2.24, 2.45) is 28.1 Å². The number of rotatable bonds is 8. The van der Waals surface area contributed by atoms with Gasteiger partial charge in [0.25, 0.3) is 5.96 Å². The molecule has 3 atom stereocenters. The maximum atomic E-state index is 12.1. The average Bonchev–Trinajstić information content (AvgIpc) is 2.91. The van der Waals surface area contributed by atoms with E-state index in [1.54, 1.807) is 5.43 Å². The van der Waals surface area contributed by atoms with Gasteiger partial charge in [0.2, 0.25) is 5.91 Å². The summed E-state index contributed by atoms with van der Waals surface area (Å²) in [4.78, 5) is 37.0. The van der Waals surface area contributed by atoms with E-state index in [1.807, 2.05) is 0 Å². The van der Waals surface area contributed by atoms with Crippen LogP contribution in [0.1, 0.15) is 19.3 Å². The first-order valence-electron chi connectivity index (χ1n) is 6.84. The first-order valence-corrected chi connectivity index (χ1v) is 6.84. The summed E-state index contributed by atoms with van der Waals surface area (Å²) in [6.07, 6.45) is 1.21. The van der Waals surface area contributed by atoms with Gasteiger partial charge in [0.15, 0.2) is 10.8 Å². The molecule has 11 nitrogen and oxygen atoms in total. The van der Waals surface area contributed by atoms with Crippen LogP contribution in [0.5, 0.6) is 0 Å². The van der Waals surface area contributed by atoms with E-state index in [2.05, 4.69) is 10.3 Å². The lowest BCUT2D eigenvalue weighted by atomic mass is 9.93. The number of nitrogens with zero attached hydrogens (tertiary/aromatic N) is 2. The largest absolute Gasteiger partial charge is 0.368 e. The molecular weight excluding hydrogens is 294 g/mol. The van der Waals surface area contributed by atoms with Crippen molar-refractivity contribution in [3.63, 3.8) is 0 Å². The third-order valence-electron chi connectivity index (χ3n) is 3.40. The quantitative estimate of drug-likeness (QED) is 0.104. The van der Waals surface area contributed by atoms with Crippen molar-refractivity contribution in [2.75, 3.05) is 13.1 Å². The van der Waals surface area contributed by atoms with Crippen LogP contribution in [0.2, 0.25) is 0 Å². The van der Waals surface area contributed by atoms with Crippen LogP contribution >= 0.6 is 0 Å². The molecule has 0 saturated carbocycles. The normalized spacial score (nSPS) is 23.0. The Hall–Kier alpha value is -2.27. The molecule has 1 aliphatic rings. The van der Waals surface area contributed by atoms with Gasteiger partial charge < -0.3 is 22.5 Å². The lowest BCUT2D eigenvalue weighted by molar-refractivity contribution is -0.525. The number of Topliss-reactive ketones (excluding diaryl/α,β-unsaturated/α-hetero) is 1. The molecule has 1 amide bonds. The summed E-state index contributed by atoms with van der Waals surface area (Å²) < 4.78 is 0. The van der Waals surface area contributed by atoms with Gasteiger partial charge in [-0.2, -0.15) is 0 Å². The Morgan fingerprint density at radius 2 is 2.14 bits per heavy atom. The summed E-state index contributed by atoms with van der Waals surface area (Å²) in [5.41, 5.74) is 17.9. The monoisotopic (exact) mass is 315 g/mol. The molecule has 0 aromatic heterocycles. The number of nitrogens with one attached hydrogen (secondary N) is 2. The third-order valence-corrected chi connectivity index (χ3v) is 3.40. The van der Waals surface area contributed by atoms with Gasteiger partial charge in [-0.05, 0) is 19.3 Å². The van der Waals surface area contributed by atoms with Crippen molar-refractivity contribution in [3.05, 3.63) is 10.1 Å². The van der Waals surface area contributed by atoms with Gasteiger partial charge in [-0.1, -0.05) is 5.43 Å². The molecular formula is C11H21N7O4. The van der Waals surface area contributed by atoms with E-state index < -0.39 is 23.0 Å². The van der Waals surface area contributed by atoms with Gasteiger partial charge in [0, 0.05) is 19.0 Å². The number of amides is 1. The molecule has 0 aromatic carbocycles. The van der Waals surface area contributed by atoms with Crippen LogP contribution in [0, 0.1) is 16.0 Å². The summed E-state index contributed by atoms with van der Waals surface area (Å²) in [6.45, 7) is 0.610. The Morgan fingerprint density at radius 1 is 1.45 bits per heavy atom. The van der Waals surface area contributed by atoms with Crippen molar-refractivity contribution >= 4 is 17.6 Å². The first kappa shape index (κ1) is 17.8. The molecule has 0 aromatic rings. The van der Waals surface area contributed by atoms with Crippen molar-refractivity contribution in [2.45, 2.75) is 31.3 Å². The number of hydrogen-bond donors (Lipinski definition) is 5. The van der Waals surface area contributed by atoms with Crippen molar-refractivity contribution in [1.82, 2.24) is 10.7 Å². The molecule has 8 N–H and O–H groups in total. The highest BCUT2D eigenvalue weighted by Gasteiger charge is 2.34. The second kappa shape index (κ2) is 8.24. The third kappa shape index (κ3) is 5.61. The maximum absolute atomic E-state index is 12.1. The predicted molar refractivity (Wildman–Crippen MR) is 77.9 cm³/mol. The van der Waals surface area contributed by atoms with Gasteiger partial charge >= 0.3 is 0 Å². The van der Waals surface area contributed by atoms with E-state index in [1.165, 1.54) is 0 Å². The molecule has 11 heteroatoms. The smallest absolute Gasteiger partial charge is 0.251 e. The van der Waals surface area contributed by atoms with E-state index in [4.69, 9.17) is 17.2 Å². The Labute approximate surface area is 126 Å². The summed E-state index contributed by atoms with van der Waals surface area (Å²) in [6, 6.07) is -1.16. The van der Waals surface area contributed by atoms with E-state index in [0.29, 0.717) is 25.8 Å². The van der Waals surface area contributed by atoms with Gasteiger partial charge in [0.05, 0.1) is 12.1 Å². The fourth-order valence-electron chi connectivity index (χ4n) is 2.25. The highest BCUT2D eigenvalue weighted by Crippen LogP contribution is 2.17. The Balaban J connectivity index is 2.30. The zero-order valence-corrected chi connectivity index (χ0v) is 12.0. The SMILES string of the molecule is NC(=O)[C@@H]1C[C@@H](C(=O)[C@@H](N)CCCN=C(N)N[N+](=O)[O-])CN1. The zero-order valence-electron chi connectivity index (χ0n) is 12.0. The fraction of sp³-hybridized carbons (Fsp3) is 0.727. The molecule has 1 aliphatic heterocycles. The Kier molecular flexibility index (Phi) is 6.66. The fourth-order valence-corrected chi connectivity index (χ4v) is 2.25. The molecule has 1 saturated heterocycles. The maximum Gasteiger partial charge on any atom is 0.251 e. The van der Waals surface area contributed by atoms with Crippen LogP contribution in [0.4, 0.5) is 0 Å². The van der Waals surface area contributed by atoms with Crippen LogP contribution in [-0.4, -0.2) is 47.9 Å². The Bertz CT molecular complexity index is 467. The van der Waals surface area contributed by atoms with E-state index in [0.717, 1.165) is 0 Å². The summed E-state index contributed by atoms with van der Waals surface area (Å²) in [5.74, 6) is -1.23. The lowest BCUT2D eigenvalue weighted by Gasteiger charge is -2.14. The van der Waals surface area contributed by atoms with E-state index in [9.17, 15) is 19.7 Å². The molecule has 1 fully saturated rings. The number of ketones is 1. The number of hydrogen-bond acceptors (Lipinski definition) is 7. The van der Waals surface area contributed by atoms with Crippen LogP contribution in [-0.2, 0) is 9.59 Å². The summed E-state index contributed by atoms with van der Waals surface area (Å²) in [7, 11) is 0. The highest BCUT2D eigenvalue weighted by atomic mass is 16.7. The molecule has 1 rings (SSSR count). The molecule has 124 valence electrons. The topological polar surface area (TPSA) is 192 Å². The zero-order chi connectivity index (χ0) is 16.7. The molecule has 22 heavy (non-hydrogen) atoms. The number of guanidine groups is 1. The minimum Gasteiger partial charge on any atom is -0.368 e. The van der Waals surface area contributed by atoms with Crippen LogP contribution in [0.3, 0.4) is 0 Å². The molecule has 0 spiro atoms. The van der Waals surface area contributed by atoms with E-state index >= 15 is 0 Å². The lowest BCUT2D eigenvalue weighted by Crippen LogP contribution is -2.37. The van der Waals surface area contributed by atoms with Gasteiger partial charge in [0.1, 0.15) is 0 Å². The van der Waals surface area contributed by atoms with E-state index in [-0.39, 0.29) is 24.2 Å². The molecule has 0 aliphatic carbocycles. The minimum atomic E-state index is -0.809. The predicted octanol–water partition coefficient (Wildman–Crippen LogP) is -2.78. The van der Waals surface area contributed by atoms with Crippen LogP contribution < -0.4 is 27.9 Å². The molecule has 1 heterocycles. The van der Waals surface area contributed by atoms with Gasteiger partial charge in [-0.3, -0.25) is 9.59 Å². The number of primary amides is 1. The van der Waals surface area contributed by atoms with Gasteiger partial charge in [-0.15, -0.1) is 0 Å². The number of nitro groups is 1.